The zero-order valence-electron chi connectivity index (χ0n) is 16.7. The van der Waals surface area contributed by atoms with E-state index in [2.05, 4.69) is 41.5 Å². The molecule has 26 heavy (non-hydrogen) atoms. The van der Waals surface area contributed by atoms with E-state index in [-0.39, 0.29) is 33.8 Å². The Balaban J connectivity index is 0.000000350. The number of hydrogen-bond donors (Lipinski definition) is 4. The van der Waals surface area contributed by atoms with Crippen LogP contribution in [-0.4, -0.2) is 20.4 Å². The quantitative estimate of drug-likeness (QED) is 0.537. The summed E-state index contributed by atoms with van der Waals surface area (Å²) in [6.07, 6.45) is 1.83. The summed E-state index contributed by atoms with van der Waals surface area (Å²) in [6, 6.07) is 9.16. The lowest BCUT2D eigenvalue weighted by Gasteiger charge is -2.29. The van der Waals surface area contributed by atoms with E-state index in [9.17, 15) is 10.2 Å². The van der Waals surface area contributed by atoms with Crippen LogP contribution in [-0.2, 0) is 10.8 Å². The van der Waals surface area contributed by atoms with Crippen LogP contribution in [0.25, 0.3) is 0 Å². The summed E-state index contributed by atoms with van der Waals surface area (Å²) in [4.78, 5) is 0. The van der Waals surface area contributed by atoms with Crippen molar-refractivity contribution in [1.29, 1.82) is 0 Å². The van der Waals surface area contributed by atoms with Crippen LogP contribution in [0.15, 0.2) is 36.4 Å². The Hall–Kier alpha value is -2.36. The van der Waals surface area contributed by atoms with E-state index < -0.39 is 0 Å². The number of phenolic OH excluding ortho intramolecular Hbond substituents is 4. The molecule has 2 aromatic rings. The predicted octanol–water partition coefficient (Wildman–Crippen LogP) is 5.57. The van der Waals surface area contributed by atoms with E-state index in [4.69, 9.17) is 10.2 Å². The fraction of sp³-hybridized carbons (Fsp3) is 0.455. The average molecular weight is 360 g/mol. The van der Waals surface area contributed by atoms with E-state index in [0.717, 1.165) is 24.0 Å². The van der Waals surface area contributed by atoms with Crippen molar-refractivity contribution in [1.82, 2.24) is 0 Å². The molecule has 0 saturated carbocycles. The predicted molar refractivity (Wildman–Crippen MR) is 106 cm³/mol. The van der Waals surface area contributed by atoms with Crippen LogP contribution >= 0.6 is 0 Å². The number of benzene rings is 2. The molecule has 0 fully saturated rings. The molecule has 2 aromatic carbocycles. The lowest BCUT2D eigenvalue weighted by molar-refractivity contribution is 0.400. The molecule has 0 aliphatic carbocycles. The van der Waals surface area contributed by atoms with Crippen LogP contribution in [0.1, 0.15) is 65.5 Å². The summed E-state index contributed by atoms with van der Waals surface area (Å²) in [5.41, 5.74) is 1.38. The van der Waals surface area contributed by atoms with Crippen LogP contribution in [0.4, 0.5) is 0 Å². The van der Waals surface area contributed by atoms with Crippen LogP contribution < -0.4 is 0 Å². The molecule has 0 aliphatic rings. The average Bonchev–Trinajstić information content (AvgIpc) is 2.59. The van der Waals surface area contributed by atoms with Crippen LogP contribution in [0, 0.1) is 0 Å². The lowest BCUT2D eigenvalue weighted by Crippen LogP contribution is -2.19. The van der Waals surface area contributed by atoms with E-state index in [0.29, 0.717) is 0 Å². The van der Waals surface area contributed by atoms with Gasteiger partial charge in [0.25, 0.3) is 0 Å². The van der Waals surface area contributed by atoms with Gasteiger partial charge in [0.15, 0.2) is 0 Å². The fourth-order valence-corrected chi connectivity index (χ4v) is 2.49. The van der Waals surface area contributed by atoms with Crippen molar-refractivity contribution in [2.75, 3.05) is 0 Å². The molecule has 0 aromatic heterocycles. The number of phenols is 4. The molecule has 0 bridgehead atoms. The maximum Gasteiger partial charge on any atom is 0.119 e. The van der Waals surface area contributed by atoms with Crippen LogP contribution in [0.5, 0.6) is 23.0 Å². The monoisotopic (exact) mass is 360 g/mol. The second-order valence-corrected chi connectivity index (χ2v) is 7.88. The fourth-order valence-electron chi connectivity index (χ4n) is 2.49. The first-order valence-corrected chi connectivity index (χ1v) is 8.99. The molecule has 4 N–H and O–H groups in total. The zero-order valence-corrected chi connectivity index (χ0v) is 16.7. The third-order valence-electron chi connectivity index (χ3n) is 5.19. The van der Waals surface area contributed by atoms with E-state index in [1.54, 1.807) is 12.1 Å². The highest BCUT2D eigenvalue weighted by Crippen LogP contribution is 2.42. The zero-order chi connectivity index (χ0) is 20.1. The Bertz CT molecular complexity index is 653. The van der Waals surface area contributed by atoms with Gasteiger partial charge in [0.2, 0.25) is 0 Å². The second kappa shape index (κ2) is 8.35. The Labute approximate surface area is 156 Å². The molecule has 0 amide bonds. The molecule has 2 rings (SSSR count). The van der Waals surface area contributed by atoms with Crippen molar-refractivity contribution in [2.24, 2.45) is 0 Å². The van der Waals surface area contributed by atoms with Gasteiger partial charge in [-0.1, -0.05) is 41.5 Å². The first-order chi connectivity index (χ1) is 11.9. The molecule has 144 valence electrons. The molecular weight excluding hydrogens is 328 g/mol. The summed E-state index contributed by atoms with van der Waals surface area (Å²) in [6.45, 7) is 12.5. The van der Waals surface area contributed by atoms with Gasteiger partial charge in [-0.05, 0) is 60.1 Å². The molecule has 0 spiro atoms. The van der Waals surface area contributed by atoms with E-state index >= 15 is 0 Å². The van der Waals surface area contributed by atoms with Gasteiger partial charge in [-0.25, -0.2) is 0 Å². The second-order valence-electron chi connectivity index (χ2n) is 7.88. The summed E-state index contributed by atoms with van der Waals surface area (Å²) >= 11 is 0. The Morgan fingerprint density at radius 1 is 0.615 bits per heavy atom. The van der Waals surface area contributed by atoms with Gasteiger partial charge in [0.1, 0.15) is 23.0 Å². The topological polar surface area (TPSA) is 80.9 Å². The maximum absolute atomic E-state index is 10.2. The van der Waals surface area contributed by atoms with Crippen molar-refractivity contribution >= 4 is 0 Å². The molecule has 0 aliphatic heterocycles. The van der Waals surface area contributed by atoms with Crippen LogP contribution in [0.3, 0.4) is 0 Å². The van der Waals surface area contributed by atoms with Gasteiger partial charge in [-0.15, -0.1) is 0 Å². The Kier molecular flexibility index (Phi) is 6.96. The van der Waals surface area contributed by atoms with Crippen molar-refractivity contribution in [3.05, 3.63) is 47.5 Å². The van der Waals surface area contributed by atoms with E-state index in [1.165, 1.54) is 24.3 Å². The van der Waals surface area contributed by atoms with Gasteiger partial charge < -0.3 is 20.4 Å². The van der Waals surface area contributed by atoms with Crippen molar-refractivity contribution in [3.63, 3.8) is 0 Å². The van der Waals surface area contributed by atoms with E-state index in [1.807, 2.05) is 0 Å². The third-order valence-corrected chi connectivity index (χ3v) is 5.19. The van der Waals surface area contributed by atoms with Crippen LogP contribution in [0.2, 0.25) is 0 Å². The highest BCUT2D eigenvalue weighted by atomic mass is 16.3. The molecule has 0 heterocycles. The molecule has 0 saturated heterocycles. The molecule has 0 atom stereocenters. The Morgan fingerprint density at radius 2 is 0.885 bits per heavy atom. The van der Waals surface area contributed by atoms with Gasteiger partial charge in [0, 0.05) is 11.1 Å². The van der Waals surface area contributed by atoms with Gasteiger partial charge in [-0.3, -0.25) is 0 Å². The molecular formula is C22H32O4. The number of aromatic hydroxyl groups is 4. The summed E-state index contributed by atoms with van der Waals surface area (Å²) in [7, 11) is 0. The molecule has 0 unspecified atom stereocenters. The highest BCUT2D eigenvalue weighted by molar-refractivity contribution is 5.50. The Morgan fingerprint density at radius 3 is 1.12 bits per heavy atom. The minimum absolute atomic E-state index is 0.129. The first kappa shape index (κ1) is 21.7. The first-order valence-electron chi connectivity index (χ1n) is 8.99. The summed E-state index contributed by atoms with van der Waals surface area (Å²) in [5.74, 6) is 0.915. The molecule has 4 heteroatoms. The standard InChI is InChI=1S/C16H26O2.C6H6O2/c1-7-15(3,4)11-9-14(18)12(10-13(11)17)16(5,6)8-2;7-5-1-2-6(8)4-3-5/h9-10,17-18H,7-8H2,1-6H3;1-4,7-8H. The van der Waals surface area contributed by atoms with Crippen molar-refractivity contribution in [3.8, 4) is 23.0 Å². The van der Waals surface area contributed by atoms with Gasteiger partial charge in [-0.2, -0.15) is 0 Å². The third kappa shape index (κ3) is 5.32. The number of hydrogen-bond acceptors (Lipinski definition) is 4. The number of rotatable bonds is 4. The SMILES string of the molecule is CCC(C)(C)c1cc(O)c(C(C)(C)CC)cc1O.Oc1ccc(O)cc1. The van der Waals surface area contributed by atoms with Gasteiger partial charge >= 0.3 is 0 Å². The minimum atomic E-state index is -0.129. The van der Waals surface area contributed by atoms with Crippen molar-refractivity contribution < 1.29 is 20.4 Å². The maximum atomic E-state index is 10.2. The molecule has 4 nitrogen and oxygen atoms in total. The smallest absolute Gasteiger partial charge is 0.119 e. The summed E-state index contributed by atoms with van der Waals surface area (Å²) < 4.78 is 0. The highest BCUT2D eigenvalue weighted by Gasteiger charge is 2.28. The lowest BCUT2D eigenvalue weighted by atomic mass is 9.77. The largest absolute Gasteiger partial charge is 0.508 e. The normalized spacial score (nSPS) is 11.6. The summed E-state index contributed by atoms with van der Waals surface area (Å²) in [5, 5.41) is 37.8. The van der Waals surface area contributed by atoms with Gasteiger partial charge in [0.05, 0.1) is 0 Å². The van der Waals surface area contributed by atoms with Crippen molar-refractivity contribution in [2.45, 2.75) is 65.2 Å². The molecule has 0 radical (unpaired) electrons. The minimum Gasteiger partial charge on any atom is -0.508 e.